The van der Waals surface area contributed by atoms with Crippen LogP contribution in [0.1, 0.15) is 36.1 Å². The summed E-state index contributed by atoms with van der Waals surface area (Å²) in [4.78, 5) is 0. The number of thiocarbonyl (C=S) groups is 1. The van der Waals surface area contributed by atoms with Gasteiger partial charge in [0.1, 0.15) is 17.6 Å². The standard InChI is InChI=1S/C21H26N2O2S/c1-5-24-19-10-16-9-15(4)25-20(16)11-17(19)12-22-21(26)23-18-8-13(2)6-7-14(18)3/h6-8,10-11,15H,5,9,12H2,1-4H3,(H2,22,23,26)/t15-/m1/s1. The van der Waals surface area contributed by atoms with Gasteiger partial charge in [0.25, 0.3) is 0 Å². The zero-order valence-electron chi connectivity index (χ0n) is 15.8. The average Bonchev–Trinajstić information content (AvgIpc) is 2.95. The first-order chi connectivity index (χ1) is 12.5. The molecule has 0 saturated heterocycles. The van der Waals surface area contributed by atoms with E-state index in [0.717, 1.165) is 34.7 Å². The Morgan fingerprint density at radius 1 is 1.27 bits per heavy atom. The Hall–Kier alpha value is -2.27. The smallest absolute Gasteiger partial charge is 0.171 e. The van der Waals surface area contributed by atoms with E-state index in [0.29, 0.717) is 18.3 Å². The van der Waals surface area contributed by atoms with Crippen LogP contribution in [0, 0.1) is 13.8 Å². The molecular weight excluding hydrogens is 344 g/mol. The molecule has 1 heterocycles. The first-order valence-corrected chi connectivity index (χ1v) is 9.44. The zero-order chi connectivity index (χ0) is 18.7. The fraction of sp³-hybridized carbons (Fsp3) is 0.381. The van der Waals surface area contributed by atoms with Crippen LogP contribution in [0.4, 0.5) is 5.69 Å². The molecule has 3 rings (SSSR count). The van der Waals surface area contributed by atoms with E-state index in [4.69, 9.17) is 21.7 Å². The minimum absolute atomic E-state index is 0.217. The molecule has 0 saturated carbocycles. The van der Waals surface area contributed by atoms with E-state index in [2.05, 4.69) is 61.7 Å². The van der Waals surface area contributed by atoms with Gasteiger partial charge in [-0.2, -0.15) is 0 Å². The highest BCUT2D eigenvalue weighted by Crippen LogP contribution is 2.35. The van der Waals surface area contributed by atoms with Crippen molar-refractivity contribution in [2.45, 2.75) is 46.8 Å². The highest BCUT2D eigenvalue weighted by atomic mass is 32.1. The Labute approximate surface area is 160 Å². The van der Waals surface area contributed by atoms with Gasteiger partial charge in [0, 0.05) is 29.8 Å². The summed E-state index contributed by atoms with van der Waals surface area (Å²) in [5.41, 5.74) is 5.64. The van der Waals surface area contributed by atoms with Crippen LogP contribution in [-0.4, -0.2) is 17.8 Å². The summed E-state index contributed by atoms with van der Waals surface area (Å²) in [7, 11) is 0. The quantitative estimate of drug-likeness (QED) is 0.758. The predicted molar refractivity (Wildman–Crippen MR) is 110 cm³/mol. The van der Waals surface area contributed by atoms with Crippen LogP contribution in [0.3, 0.4) is 0 Å². The number of nitrogens with one attached hydrogen (secondary N) is 2. The monoisotopic (exact) mass is 370 g/mol. The third-order valence-corrected chi connectivity index (χ3v) is 4.71. The lowest BCUT2D eigenvalue weighted by molar-refractivity contribution is 0.254. The number of hydrogen-bond donors (Lipinski definition) is 2. The van der Waals surface area contributed by atoms with Crippen LogP contribution in [-0.2, 0) is 13.0 Å². The Kier molecular flexibility index (Phi) is 5.67. The lowest BCUT2D eigenvalue weighted by Crippen LogP contribution is -2.28. The van der Waals surface area contributed by atoms with Crippen molar-refractivity contribution in [3.8, 4) is 11.5 Å². The van der Waals surface area contributed by atoms with Gasteiger partial charge in [-0.1, -0.05) is 12.1 Å². The SMILES string of the molecule is CCOc1cc2c(cc1CNC(=S)Nc1cc(C)ccc1C)O[C@H](C)C2. The predicted octanol–water partition coefficient (Wildman–Crippen LogP) is 4.51. The van der Waals surface area contributed by atoms with Crippen molar-refractivity contribution < 1.29 is 9.47 Å². The Bertz CT molecular complexity index is 820. The van der Waals surface area contributed by atoms with E-state index in [9.17, 15) is 0 Å². The van der Waals surface area contributed by atoms with Crippen LogP contribution in [0.15, 0.2) is 30.3 Å². The first-order valence-electron chi connectivity index (χ1n) is 9.03. The Morgan fingerprint density at radius 3 is 2.85 bits per heavy atom. The molecule has 1 aliphatic heterocycles. The number of rotatable bonds is 5. The topological polar surface area (TPSA) is 42.5 Å². The third-order valence-electron chi connectivity index (χ3n) is 4.46. The lowest BCUT2D eigenvalue weighted by atomic mass is 10.1. The number of hydrogen-bond acceptors (Lipinski definition) is 3. The van der Waals surface area contributed by atoms with Crippen LogP contribution >= 0.6 is 12.2 Å². The van der Waals surface area contributed by atoms with Crippen LogP contribution in [0.25, 0.3) is 0 Å². The molecule has 0 aliphatic carbocycles. The third kappa shape index (κ3) is 4.28. The van der Waals surface area contributed by atoms with Gasteiger partial charge >= 0.3 is 0 Å². The number of ether oxygens (including phenoxy) is 2. The second-order valence-electron chi connectivity index (χ2n) is 6.76. The van der Waals surface area contributed by atoms with E-state index in [-0.39, 0.29) is 6.10 Å². The van der Waals surface area contributed by atoms with Gasteiger partial charge in [0.2, 0.25) is 0 Å². The van der Waals surface area contributed by atoms with Crippen molar-refractivity contribution in [3.05, 3.63) is 52.6 Å². The van der Waals surface area contributed by atoms with Gasteiger partial charge in [0.05, 0.1) is 6.61 Å². The van der Waals surface area contributed by atoms with Crippen LogP contribution in [0.2, 0.25) is 0 Å². The normalized spacial score (nSPS) is 15.2. The van der Waals surface area contributed by atoms with Crippen molar-refractivity contribution in [1.82, 2.24) is 5.32 Å². The van der Waals surface area contributed by atoms with Gasteiger partial charge < -0.3 is 20.1 Å². The molecule has 1 aliphatic rings. The van der Waals surface area contributed by atoms with Gasteiger partial charge in [-0.15, -0.1) is 0 Å². The molecule has 138 valence electrons. The molecule has 4 nitrogen and oxygen atoms in total. The lowest BCUT2D eigenvalue weighted by Gasteiger charge is -2.16. The second-order valence-corrected chi connectivity index (χ2v) is 7.17. The van der Waals surface area contributed by atoms with Crippen LogP contribution < -0.4 is 20.1 Å². The molecular formula is C21H26N2O2S. The molecule has 2 aromatic rings. The van der Waals surface area contributed by atoms with Crippen molar-refractivity contribution in [2.75, 3.05) is 11.9 Å². The highest BCUT2D eigenvalue weighted by Gasteiger charge is 2.21. The summed E-state index contributed by atoms with van der Waals surface area (Å²) in [6, 6.07) is 10.4. The van der Waals surface area contributed by atoms with Gasteiger partial charge in [-0.25, -0.2) is 0 Å². The molecule has 0 aromatic heterocycles. The molecule has 0 fully saturated rings. The molecule has 5 heteroatoms. The number of benzene rings is 2. The second kappa shape index (κ2) is 7.96. The van der Waals surface area contributed by atoms with E-state index >= 15 is 0 Å². The molecule has 0 amide bonds. The van der Waals surface area contributed by atoms with Gasteiger partial charge in [-0.05, 0) is 69.2 Å². The maximum atomic E-state index is 5.88. The molecule has 0 unspecified atom stereocenters. The van der Waals surface area contributed by atoms with Gasteiger partial charge in [0.15, 0.2) is 5.11 Å². The fourth-order valence-corrected chi connectivity index (χ4v) is 3.30. The van der Waals surface area contributed by atoms with Crippen molar-refractivity contribution in [2.24, 2.45) is 0 Å². The average molecular weight is 371 g/mol. The molecule has 0 radical (unpaired) electrons. The minimum atomic E-state index is 0.217. The molecule has 2 N–H and O–H groups in total. The molecule has 2 aromatic carbocycles. The zero-order valence-corrected chi connectivity index (χ0v) is 16.6. The summed E-state index contributed by atoms with van der Waals surface area (Å²) in [5, 5.41) is 7.15. The van der Waals surface area contributed by atoms with E-state index < -0.39 is 0 Å². The molecule has 0 bridgehead atoms. The van der Waals surface area contributed by atoms with Crippen LogP contribution in [0.5, 0.6) is 11.5 Å². The molecule has 26 heavy (non-hydrogen) atoms. The minimum Gasteiger partial charge on any atom is -0.494 e. The number of fused-ring (bicyclic) bond motifs is 1. The van der Waals surface area contributed by atoms with Crippen molar-refractivity contribution >= 4 is 23.0 Å². The van der Waals surface area contributed by atoms with Gasteiger partial charge in [-0.3, -0.25) is 0 Å². The summed E-state index contributed by atoms with van der Waals surface area (Å²) in [6.45, 7) is 9.43. The number of aryl methyl sites for hydroxylation is 2. The van der Waals surface area contributed by atoms with E-state index in [1.165, 1.54) is 11.1 Å². The molecule has 1 atom stereocenters. The van der Waals surface area contributed by atoms with Crippen molar-refractivity contribution in [1.29, 1.82) is 0 Å². The Morgan fingerprint density at radius 2 is 2.08 bits per heavy atom. The maximum absolute atomic E-state index is 5.88. The van der Waals surface area contributed by atoms with E-state index in [1.807, 2.05) is 6.92 Å². The van der Waals surface area contributed by atoms with Crippen molar-refractivity contribution in [3.63, 3.8) is 0 Å². The first kappa shape index (κ1) is 18.5. The summed E-state index contributed by atoms with van der Waals surface area (Å²) >= 11 is 5.47. The molecule has 0 spiro atoms. The highest BCUT2D eigenvalue weighted by molar-refractivity contribution is 7.80. The fourth-order valence-electron chi connectivity index (χ4n) is 3.12. The Balaban J connectivity index is 1.69. The summed E-state index contributed by atoms with van der Waals surface area (Å²) < 4.78 is 11.7. The number of anilines is 1. The summed E-state index contributed by atoms with van der Waals surface area (Å²) in [6.07, 6.45) is 1.14. The largest absolute Gasteiger partial charge is 0.494 e. The maximum Gasteiger partial charge on any atom is 0.171 e. The summed E-state index contributed by atoms with van der Waals surface area (Å²) in [5.74, 6) is 1.84. The van der Waals surface area contributed by atoms with E-state index in [1.54, 1.807) is 0 Å².